The highest BCUT2D eigenvalue weighted by Crippen LogP contribution is 2.77. The number of esters is 1. The number of carboxylic acids is 1. The third-order valence-electron chi connectivity index (χ3n) is 15.4. The van der Waals surface area contributed by atoms with E-state index in [1.807, 2.05) is 20.0 Å². The molecule has 250 valence electrons. The van der Waals surface area contributed by atoms with Gasteiger partial charge < -0.3 is 14.3 Å². The molecule has 10 atom stereocenters. The van der Waals surface area contributed by atoms with E-state index in [0.717, 1.165) is 38.0 Å². The highest BCUT2D eigenvalue weighted by molar-refractivity contribution is 5.73. The van der Waals surface area contributed by atoms with Crippen LogP contribution in [-0.2, 0) is 19.7 Å². The average molecular weight is 622 g/mol. The van der Waals surface area contributed by atoms with Gasteiger partial charge in [-0.1, -0.05) is 60.6 Å². The number of oxazole rings is 1. The number of ether oxygens (including phenoxy) is 1. The lowest BCUT2D eigenvalue weighted by Gasteiger charge is -2.72. The number of hydrogen-bond donors (Lipinski definition) is 1. The molecule has 0 aliphatic heterocycles. The van der Waals surface area contributed by atoms with E-state index in [4.69, 9.17) is 14.1 Å². The molecule has 5 saturated carbocycles. The number of fused-ring (bicyclic) bond motifs is 7. The van der Waals surface area contributed by atoms with Crippen molar-refractivity contribution in [2.75, 3.05) is 0 Å². The van der Waals surface area contributed by atoms with E-state index in [0.29, 0.717) is 29.6 Å². The van der Waals surface area contributed by atoms with Gasteiger partial charge in [-0.15, -0.1) is 0 Å². The molecule has 6 rings (SSSR count). The van der Waals surface area contributed by atoms with Gasteiger partial charge in [-0.25, -0.2) is 4.98 Å². The van der Waals surface area contributed by atoms with Crippen molar-refractivity contribution in [1.29, 1.82) is 0 Å². The fourth-order valence-electron chi connectivity index (χ4n) is 13.2. The third kappa shape index (κ3) is 4.80. The van der Waals surface area contributed by atoms with E-state index >= 15 is 0 Å². The summed E-state index contributed by atoms with van der Waals surface area (Å²) in [5.41, 5.74) is 1.28. The summed E-state index contributed by atoms with van der Waals surface area (Å²) < 4.78 is 12.4. The lowest BCUT2D eigenvalue weighted by molar-refractivity contribution is -0.246. The number of nitrogens with zero attached hydrogens (tertiary/aromatic N) is 1. The molecule has 1 aromatic heterocycles. The standard InChI is InChI=1S/C39H59NO5/c1-24(2)25-12-17-39(33-40-20-21-44-33)19-18-37(8)26(32(25)39)10-11-28-36(7)15-14-29(35(5,6)27(36)13-16-38(28,37)9)45-31(43)23-34(3,4)22-30(41)42/h20-21,25-29,32H,1,10-19,22-23H2,2-9H3,(H,41,42)/t25?,26-,27?,28?,29+,32?,36+,37-,38-,39+/m1/s1. The summed E-state index contributed by atoms with van der Waals surface area (Å²) >= 11 is 0. The van der Waals surface area contributed by atoms with E-state index in [1.165, 1.54) is 37.7 Å². The van der Waals surface area contributed by atoms with Crippen molar-refractivity contribution in [2.45, 2.75) is 144 Å². The maximum Gasteiger partial charge on any atom is 0.306 e. The minimum absolute atomic E-state index is 0.0323. The molecule has 5 aliphatic rings. The van der Waals surface area contributed by atoms with Gasteiger partial charge in [-0.2, -0.15) is 0 Å². The first-order valence-electron chi connectivity index (χ1n) is 17.9. The Kier molecular flexibility index (Phi) is 7.81. The Labute approximate surface area is 271 Å². The second kappa shape index (κ2) is 10.7. The van der Waals surface area contributed by atoms with Gasteiger partial charge in [-0.3, -0.25) is 9.59 Å². The molecule has 0 saturated heterocycles. The lowest BCUT2D eigenvalue weighted by atomic mass is 9.32. The van der Waals surface area contributed by atoms with Crippen molar-refractivity contribution in [2.24, 2.45) is 56.7 Å². The smallest absolute Gasteiger partial charge is 0.306 e. The van der Waals surface area contributed by atoms with Crippen molar-refractivity contribution < 1.29 is 23.8 Å². The van der Waals surface area contributed by atoms with Crippen molar-refractivity contribution >= 4 is 11.9 Å². The number of aliphatic carboxylic acids is 1. The monoisotopic (exact) mass is 621 g/mol. The van der Waals surface area contributed by atoms with Gasteiger partial charge in [0.05, 0.1) is 24.5 Å². The van der Waals surface area contributed by atoms with Crippen molar-refractivity contribution in [3.8, 4) is 0 Å². The molecule has 1 aromatic rings. The SMILES string of the molecule is C=C(C)C1CC[C@]2(c3ncco3)CC[C@]3(C)[C@H](CCC4[C@@]5(C)CC[C@H](OC(=O)CC(C)(C)CC(=O)O)C(C)(C)C5CC[C@]43C)C12. The molecule has 45 heavy (non-hydrogen) atoms. The number of carbonyl (C=O) groups excluding carboxylic acids is 1. The quantitative estimate of drug-likeness (QED) is 0.241. The van der Waals surface area contributed by atoms with Gasteiger partial charge >= 0.3 is 11.9 Å². The van der Waals surface area contributed by atoms with Gasteiger partial charge in [0.15, 0.2) is 5.89 Å². The Balaban J connectivity index is 1.26. The predicted molar refractivity (Wildman–Crippen MR) is 175 cm³/mol. The molecule has 6 nitrogen and oxygen atoms in total. The first-order chi connectivity index (χ1) is 20.9. The molecule has 0 amide bonds. The maximum absolute atomic E-state index is 13.2. The number of hydrogen-bond acceptors (Lipinski definition) is 5. The van der Waals surface area contributed by atoms with E-state index in [-0.39, 0.29) is 52.0 Å². The van der Waals surface area contributed by atoms with Gasteiger partial charge in [0.25, 0.3) is 0 Å². The number of rotatable bonds is 7. The van der Waals surface area contributed by atoms with Crippen LogP contribution in [0.3, 0.4) is 0 Å². The highest BCUT2D eigenvalue weighted by atomic mass is 16.5. The Bertz CT molecular complexity index is 1330. The summed E-state index contributed by atoms with van der Waals surface area (Å²) in [6, 6.07) is 0. The third-order valence-corrected chi connectivity index (χ3v) is 15.4. The summed E-state index contributed by atoms with van der Waals surface area (Å²) in [7, 11) is 0. The zero-order valence-corrected chi connectivity index (χ0v) is 29.3. The first-order valence-corrected chi connectivity index (χ1v) is 17.9. The van der Waals surface area contributed by atoms with Crippen LogP contribution in [0.4, 0.5) is 0 Å². The van der Waals surface area contributed by atoms with Gasteiger partial charge in [0, 0.05) is 5.41 Å². The van der Waals surface area contributed by atoms with Crippen LogP contribution >= 0.6 is 0 Å². The Morgan fingerprint density at radius 3 is 2.33 bits per heavy atom. The van der Waals surface area contributed by atoms with E-state index in [1.54, 1.807) is 6.26 Å². The Morgan fingerprint density at radius 2 is 1.69 bits per heavy atom. The molecule has 0 radical (unpaired) electrons. The largest absolute Gasteiger partial charge is 0.481 e. The molecule has 6 heteroatoms. The highest BCUT2D eigenvalue weighted by Gasteiger charge is 2.71. The zero-order valence-electron chi connectivity index (χ0n) is 29.3. The van der Waals surface area contributed by atoms with E-state index in [2.05, 4.69) is 48.1 Å². The molecule has 5 aliphatic carbocycles. The number of aromatic nitrogens is 1. The van der Waals surface area contributed by atoms with Crippen LogP contribution in [0, 0.1) is 56.7 Å². The Morgan fingerprint density at radius 1 is 0.956 bits per heavy atom. The van der Waals surface area contributed by atoms with Crippen molar-refractivity contribution in [3.05, 3.63) is 30.5 Å². The van der Waals surface area contributed by atoms with Crippen LogP contribution in [0.2, 0.25) is 0 Å². The molecule has 0 aromatic carbocycles. The van der Waals surface area contributed by atoms with Gasteiger partial charge in [0.2, 0.25) is 0 Å². The van der Waals surface area contributed by atoms with Crippen LogP contribution in [0.15, 0.2) is 29.0 Å². The molecular formula is C39H59NO5. The molecule has 4 unspecified atom stereocenters. The molecule has 0 spiro atoms. The molecule has 1 N–H and O–H groups in total. The summed E-state index contributed by atoms with van der Waals surface area (Å²) in [5.74, 6) is 2.65. The molecular weight excluding hydrogens is 562 g/mol. The van der Waals surface area contributed by atoms with Crippen LogP contribution in [-0.4, -0.2) is 28.1 Å². The van der Waals surface area contributed by atoms with Crippen molar-refractivity contribution in [1.82, 2.24) is 4.98 Å². The summed E-state index contributed by atoms with van der Waals surface area (Å²) in [6.07, 6.45) is 15.2. The number of allylic oxidation sites excluding steroid dienone is 1. The van der Waals surface area contributed by atoms with Crippen LogP contribution in [0.25, 0.3) is 0 Å². The second-order valence-corrected chi connectivity index (χ2v) is 18.4. The summed E-state index contributed by atoms with van der Waals surface area (Å²) in [6.45, 7) is 23.1. The van der Waals surface area contributed by atoms with Gasteiger partial charge in [-0.05, 0) is 122 Å². The molecule has 5 fully saturated rings. The molecule has 0 bridgehead atoms. The average Bonchev–Trinajstić information content (AvgIpc) is 3.59. The predicted octanol–water partition coefficient (Wildman–Crippen LogP) is 9.39. The summed E-state index contributed by atoms with van der Waals surface area (Å²) in [5, 5.41) is 9.31. The van der Waals surface area contributed by atoms with E-state index in [9.17, 15) is 14.7 Å². The zero-order chi connectivity index (χ0) is 32.8. The fraction of sp³-hybridized carbons (Fsp3) is 0.821. The van der Waals surface area contributed by atoms with Crippen LogP contribution < -0.4 is 0 Å². The van der Waals surface area contributed by atoms with Crippen LogP contribution in [0.5, 0.6) is 0 Å². The van der Waals surface area contributed by atoms with Gasteiger partial charge in [0.1, 0.15) is 12.4 Å². The first kappa shape index (κ1) is 32.8. The molecule has 1 heterocycles. The topological polar surface area (TPSA) is 89.6 Å². The number of carboxylic acid groups (broad SMARTS) is 1. The number of carbonyl (C=O) groups is 2. The Hall–Kier alpha value is -2.11. The van der Waals surface area contributed by atoms with Crippen LogP contribution in [0.1, 0.15) is 138 Å². The fourth-order valence-corrected chi connectivity index (χ4v) is 13.2. The van der Waals surface area contributed by atoms with Crippen molar-refractivity contribution in [3.63, 3.8) is 0 Å². The maximum atomic E-state index is 13.2. The minimum atomic E-state index is -0.875. The summed E-state index contributed by atoms with van der Waals surface area (Å²) in [4.78, 5) is 29.3. The second-order valence-electron chi connectivity index (χ2n) is 18.4. The lowest BCUT2D eigenvalue weighted by Crippen LogP contribution is -2.67. The van der Waals surface area contributed by atoms with E-state index < -0.39 is 11.4 Å². The minimum Gasteiger partial charge on any atom is -0.481 e. The normalized spacial score (nSPS) is 43.7.